The predicted octanol–water partition coefficient (Wildman–Crippen LogP) is 4.42. The van der Waals surface area contributed by atoms with Crippen LogP contribution in [-0.4, -0.2) is 36.7 Å². The minimum atomic E-state index is -0.190. The number of anilines is 1. The van der Waals surface area contributed by atoms with E-state index in [-0.39, 0.29) is 11.1 Å². The van der Waals surface area contributed by atoms with Gasteiger partial charge in [0.1, 0.15) is 0 Å². The van der Waals surface area contributed by atoms with Crippen LogP contribution < -0.4 is 4.90 Å². The number of hydrogen-bond donors (Lipinski definition) is 0. The molecule has 0 unspecified atom stereocenters. The van der Waals surface area contributed by atoms with Crippen molar-refractivity contribution in [2.45, 2.75) is 12.8 Å². The molecule has 5 heteroatoms. The smallest absolute Gasteiger partial charge is 0.293 e. The summed E-state index contributed by atoms with van der Waals surface area (Å²) in [5, 5.41) is -0.181. The highest BCUT2D eigenvalue weighted by Crippen LogP contribution is 2.32. The third kappa shape index (κ3) is 4.35. The summed E-state index contributed by atoms with van der Waals surface area (Å²) in [6, 6.07) is 18.0. The maximum absolute atomic E-state index is 12.5. The highest BCUT2D eigenvalue weighted by atomic mass is 32.2. The molecular weight excluding hydrogens is 344 g/mol. The molecule has 4 nitrogen and oxygen atoms in total. The van der Waals surface area contributed by atoms with Crippen molar-refractivity contribution in [3.05, 3.63) is 70.6 Å². The van der Waals surface area contributed by atoms with Crippen LogP contribution in [-0.2, 0) is 11.2 Å². The van der Waals surface area contributed by atoms with Crippen molar-refractivity contribution in [2.75, 3.05) is 25.5 Å². The van der Waals surface area contributed by atoms with Gasteiger partial charge in [0.05, 0.1) is 4.91 Å². The van der Waals surface area contributed by atoms with Gasteiger partial charge in [-0.3, -0.25) is 14.5 Å². The Kier molecular flexibility index (Phi) is 5.78. The van der Waals surface area contributed by atoms with Crippen molar-refractivity contribution >= 4 is 34.7 Å². The Labute approximate surface area is 158 Å². The molecule has 0 atom stereocenters. The monoisotopic (exact) mass is 366 g/mol. The SMILES string of the molecule is CN(C)c1ccc(C=C2SC(=O)N(CCCc3ccccc3)C2=O)cc1. The third-order valence-electron chi connectivity index (χ3n) is 4.27. The van der Waals surface area contributed by atoms with Crippen LogP contribution in [0.4, 0.5) is 10.5 Å². The van der Waals surface area contributed by atoms with Crippen LogP contribution in [0.1, 0.15) is 17.5 Å². The summed E-state index contributed by atoms with van der Waals surface area (Å²) in [7, 11) is 3.96. The van der Waals surface area contributed by atoms with Gasteiger partial charge >= 0.3 is 0 Å². The Morgan fingerprint density at radius 1 is 1.00 bits per heavy atom. The summed E-state index contributed by atoms with van der Waals surface area (Å²) in [5.41, 5.74) is 3.23. The molecule has 1 saturated heterocycles. The molecule has 26 heavy (non-hydrogen) atoms. The van der Waals surface area contributed by atoms with Gasteiger partial charge < -0.3 is 4.90 Å². The summed E-state index contributed by atoms with van der Waals surface area (Å²) in [6.45, 7) is 0.455. The topological polar surface area (TPSA) is 40.6 Å². The molecular formula is C21H22N2O2S. The zero-order valence-corrected chi connectivity index (χ0v) is 15.8. The first-order valence-corrected chi connectivity index (χ1v) is 9.43. The zero-order valence-electron chi connectivity index (χ0n) is 15.0. The Morgan fingerprint density at radius 3 is 2.35 bits per heavy atom. The molecule has 1 heterocycles. The largest absolute Gasteiger partial charge is 0.378 e. The first-order valence-electron chi connectivity index (χ1n) is 8.61. The molecule has 2 aromatic rings. The quantitative estimate of drug-likeness (QED) is 0.710. The van der Waals surface area contributed by atoms with Crippen molar-refractivity contribution in [1.29, 1.82) is 0 Å². The molecule has 0 spiro atoms. The molecule has 2 aromatic carbocycles. The molecule has 0 aliphatic carbocycles. The predicted molar refractivity (Wildman–Crippen MR) is 108 cm³/mol. The van der Waals surface area contributed by atoms with E-state index >= 15 is 0 Å². The zero-order chi connectivity index (χ0) is 18.5. The van der Waals surface area contributed by atoms with E-state index in [4.69, 9.17) is 0 Å². The van der Waals surface area contributed by atoms with E-state index in [0.29, 0.717) is 11.4 Å². The Morgan fingerprint density at radius 2 is 1.69 bits per heavy atom. The van der Waals surface area contributed by atoms with E-state index < -0.39 is 0 Å². The van der Waals surface area contributed by atoms with Crippen LogP contribution in [0.2, 0.25) is 0 Å². The van der Waals surface area contributed by atoms with Crippen molar-refractivity contribution in [2.24, 2.45) is 0 Å². The fraction of sp³-hybridized carbons (Fsp3) is 0.238. The number of carbonyl (C=O) groups excluding carboxylic acids is 2. The minimum Gasteiger partial charge on any atom is -0.378 e. The number of rotatable bonds is 6. The van der Waals surface area contributed by atoms with Crippen LogP contribution in [0, 0.1) is 0 Å². The summed E-state index contributed by atoms with van der Waals surface area (Å²) in [6.07, 6.45) is 3.42. The van der Waals surface area contributed by atoms with Gasteiger partial charge in [0.15, 0.2) is 0 Å². The number of carbonyl (C=O) groups is 2. The second-order valence-corrected chi connectivity index (χ2v) is 7.40. The summed E-state index contributed by atoms with van der Waals surface area (Å²) in [5.74, 6) is -0.190. The number of imide groups is 1. The van der Waals surface area contributed by atoms with Crippen LogP contribution in [0.3, 0.4) is 0 Å². The lowest BCUT2D eigenvalue weighted by atomic mass is 10.1. The molecule has 0 N–H and O–H groups in total. The van der Waals surface area contributed by atoms with Crippen molar-refractivity contribution < 1.29 is 9.59 Å². The van der Waals surface area contributed by atoms with Crippen LogP contribution in [0.5, 0.6) is 0 Å². The van der Waals surface area contributed by atoms with E-state index in [1.54, 1.807) is 6.08 Å². The molecule has 0 radical (unpaired) electrons. The number of nitrogens with zero attached hydrogens (tertiary/aromatic N) is 2. The number of benzene rings is 2. The fourth-order valence-electron chi connectivity index (χ4n) is 2.80. The van der Waals surface area contributed by atoms with Gasteiger partial charge in [-0.25, -0.2) is 0 Å². The van der Waals surface area contributed by atoms with Gasteiger partial charge in [0, 0.05) is 26.3 Å². The number of aryl methyl sites for hydroxylation is 1. The fourth-order valence-corrected chi connectivity index (χ4v) is 3.66. The maximum Gasteiger partial charge on any atom is 0.293 e. The van der Waals surface area contributed by atoms with Gasteiger partial charge in [-0.15, -0.1) is 0 Å². The van der Waals surface area contributed by atoms with Gasteiger partial charge in [-0.05, 0) is 53.9 Å². The lowest BCUT2D eigenvalue weighted by molar-refractivity contribution is -0.122. The maximum atomic E-state index is 12.5. The highest BCUT2D eigenvalue weighted by Gasteiger charge is 2.34. The third-order valence-corrected chi connectivity index (χ3v) is 5.18. The van der Waals surface area contributed by atoms with E-state index in [1.165, 1.54) is 10.5 Å². The molecule has 1 fully saturated rings. The molecule has 134 valence electrons. The number of hydrogen-bond acceptors (Lipinski definition) is 4. The summed E-state index contributed by atoms with van der Waals surface area (Å²) < 4.78 is 0. The standard InChI is InChI=1S/C21H22N2O2S/c1-22(2)18-12-10-17(11-13-18)15-19-20(24)23(21(25)26-19)14-6-9-16-7-4-3-5-8-16/h3-5,7-8,10-13,15H,6,9,14H2,1-2H3. The first-order chi connectivity index (χ1) is 12.5. The molecule has 0 aromatic heterocycles. The molecule has 1 aliphatic rings. The molecule has 0 saturated carbocycles. The van der Waals surface area contributed by atoms with Crippen LogP contribution >= 0.6 is 11.8 Å². The average molecular weight is 366 g/mol. The Hall–Kier alpha value is -2.53. The second kappa shape index (κ2) is 8.23. The first kappa shape index (κ1) is 18.3. The second-order valence-electron chi connectivity index (χ2n) is 6.41. The number of amides is 2. The number of thioether (sulfide) groups is 1. The van der Waals surface area contributed by atoms with Gasteiger partial charge in [-0.2, -0.15) is 0 Å². The lowest BCUT2D eigenvalue weighted by Crippen LogP contribution is -2.29. The minimum absolute atomic E-state index is 0.181. The summed E-state index contributed by atoms with van der Waals surface area (Å²) in [4.78, 5) is 28.6. The average Bonchev–Trinajstić information content (AvgIpc) is 2.90. The van der Waals surface area contributed by atoms with Crippen LogP contribution in [0.25, 0.3) is 6.08 Å². The normalized spacial score (nSPS) is 15.8. The van der Waals surface area contributed by atoms with Crippen LogP contribution in [0.15, 0.2) is 59.5 Å². The summed E-state index contributed by atoms with van der Waals surface area (Å²) >= 11 is 1.02. The van der Waals surface area contributed by atoms with E-state index in [1.807, 2.05) is 61.5 Å². The van der Waals surface area contributed by atoms with Gasteiger partial charge in [0.25, 0.3) is 11.1 Å². The van der Waals surface area contributed by atoms with Crippen molar-refractivity contribution in [3.8, 4) is 0 Å². The Balaban J connectivity index is 1.62. The molecule has 3 rings (SSSR count). The molecule has 1 aliphatic heterocycles. The van der Waals surface area contributed by atoms with E-state index in [9.17, 15) is 9.59 Å². The van der Waals surface area contributed by atoms with Gasteiger partial charge in [0.2, 0.25) is 0 Å². The Bertz CT molecular complexity index is 814. The molecule has 2 amide bonds. The van der Waals surface area contributed by atoms with Gasteiger partial charge in [-0.1, -0.05) is 42.5 Å². The lowest BCUT2D eigenvalue weighted by Gasteiger charge is -2.12. The van der Waals surface area contributed by atoms with E-state index in [2.05, 4.69) is 12.1 Å². The highest BCUT2D eigenvalue weighted by molar-refractivity contribution is 8.18. The molecule has 0 bridgehead atoms. The van der Waals surface area contributed by atoms with Crippen molar-refractivity contribution in [3.63, 3.8) is 0 Å². The van der Waals surface area contributed by atoms with Crippen molar-refractivity contribution in [1.82, 2.24) is 4.90 Å². The van der Waals surface area contributed by atoms with E-state index in [0.717, 1.165) is 35.9 Å².